The molecule has 148 valence electrons. The summed E-state index contributed by atoms with van der Waals surface area (Å²) in [4.78, 5) is 25.6. The van der Waals surface area contributed by atoms with Crippen LogP contribution < -0.4 is 5.32 Å². The molecule has 3 fully saturated rings. The normalized spacial score (nSPS) is 25.9. The van der Waals surface area contributed by atoms with Gasteiger partial charge in [0.1, 0.15) is 11.6 Å². The number of fused-ring (bicyclic) bond motifs is 3. The van der Waals surface area contributed by atoms with Gasteiger partial charge in [0, 0.05) is 19.5 Å². The molecule has 2 saturated heterocycles. The van der Waals surface area contributed by atoms with Crippen molar-refractivity contribution in [1.29, 1.82) is 0 Å². The molecule has 27 heavy (non-hydrogen) atoms. The Morgan fingerprint density at radius 2 is 2.15 bits per heavy atom. The molecule has 2 N–H and O–H groups in total. The van der Waals surface area contributed by atoms with Gasteiger partial charge < -0.3 is 19.4 Å². The zero-order valence-corrected chi connectivity index (χ0v) is 15.8. The number of hydrogen-bond acceptors (Lipinski definition) is 7. The van der Waals surface area contributed by atoms with Crippen molar-refractivity contribution >= 4 is 12.1 Å². The van der Waals surface area contributed by atoms with E-state index >= 15 is 0 Å². The second-order valence-corrected chi connectivity index (χ2v) is 8.59. The summed E-state index contributed by atoms with van der Waals surface area (Å²) in [6.45, 7) is 6.18. The molecular weight excluding hydrogens is 354 g/mol. The lowest BCUT2D eigenvalue weighted by atomic mass is 9.85. The van der Waals surface area contributed by atoms with Gasteiger partial charge in [-0.1, -0.05) is 0 Å². The Kier molecular flexibility index (Phi) is 4.06. The summed E-state index contributed by atoms with van der Waals surface area (Å²) >= 11 is 0. The van der Waals surface area contributed by atoms with Gasteiger partial charge in [-0.05, 0) is 45.4 Å². The van der Waals surface area contributed by atoms with Gasteiger partial charge in [0.15, 0.2) is 0 Å². The fourth-order valence-electron chi connectivity index (χ4n) is 3.96. The van der Waals surface area contributed by atoms with Crippen LogP contribution in [0.25, 0.3) is 0 Å². The third kappa shape index (κ3) is 3.33. The lowest BCUT2D eigenvalue weighted by Crippen LogP contribution is -2.41. The smallest absolute Gasteiger partial charge is 0.407 e. The number of alkyl carbamates (subject to hydrolysis) is 1. The number of amides is 3. The van der Waals surface area contributed by atoms with Crippen LogP contribution in [0.2, 0.25) is 0 Å². The summed E-state index contributed by atoms with van der Waals surface area (Å²) in [5.74, 6) is 0.774. The Morgan fingerprint density at radius 1 is 1.41 bits per heavy atom. The van der Waals surface area contributed by atoms with E-state index in [1.165, 1.54) is 0 Å². The van der Waals surface area contributed by atoms with Gasteiger partial charge in [-0.15, -0.1) is 10.2 Å². The molecule has 1 aromatic rings. The first kappa shape index (κ1) is 18.0. The number of hydrogen-bond donors (Lipinski definition) is 2. The molecule has 10 heteroatoms. The zero-order chi connectivity index (χ0) is 19.4. The van der Waals surface area contributed by atoms with Crippen LogP contribution >= 0.6 is 0 Å². The second kappa shape index (κ2) is 6.08. The van der Waals surface area contributed by atoms with Crippen molar-refractivity contribution in [3.63, 3.8) is 0 Å². The van der Waals surface area contributed by atoms with E-state index in [9.17, 15) is 14.8 Å². The van der Waals surface area contributed by atoms with E-state index in [-0.39, 0.29) is 17.5 Å². The number of hydroxylamine groups is 2. The molecule has 0 radical (unpaired) electrons. The van der Waals surface area contributed by atoms with Crippen LogP contribution in [0.15, 0.2) is 4.42 Å². The highest BCUT2D eigenvalue weighted by molar-refractivity contribution is 5.77. The third-order valence-electron chi connectivity index (χ3n) is 5.46. The van der Waals surface area contributed by atoms with Gasteiger partial charge in [0.2, 0.25) is 11.8 Å². The summed E-state index contributed by atoms with van der Waals surface area (Å²) in [5, 5.41) is 21.7. The first-order valence-electron chi connectivity index (χ1n) is 9.26. The molecule has 10 nitrogen and oxygen atoms in total. The minimum Gasteiger partial charge on any atom is -0.444 e. The topological polar surface area (TPSA) is 121 Å². The van der Waals surface area contributed by atoms with Crippen molar-refractivity contribution in [1.82, 2.24) is 25.5 Å². The number of carbonyl (C=O) groups is 2. The Balaban J connectivity index is 1.37. The maximum absolute atomic E-state index is 12.3. The van der Waals surface area contributed by atoms with Gasteiger partial charge in [-0.3, -0.25) is 5.21 Å². The largest absolute Gasteiger partial charge is 0.444 e. The lowest BCUT2D eigenvalue weighted by molar-refractivity contribution is -0.0783. The number of piperidine rings is 1. The van der Waals surface area contributed by atoms with Crippen LogP contribution in [0, 0.1) is 5.41 Å². The van der Waals surface area contributed by atoms with Gasteiger partial charge >= 0.3 is 12.1 Å². The average Bonchev–Trinajstić information content (AvgIpc) is 3.08. The van der Waals surface area contributed by atoms with Crippen molar-refractivity contribution < 1.29 is 24.0 Å². The number of rotatable bonds is 4. The number of nitrogens with one attached hydrogen (secondary N) is 1. The Bertz CT molecular complexity index is 753. The summed E-state index contributed by atoms with van der Waals surface area (Å²) in [5.41, 5.74) is -0.586. The SMILES string of the molecule is CC(C)(C)OC(=O)NCCc1nnc([C@@H]2CC3(CC3)[C@@H]3CN2C(=O)N3O)o1. The molecule has 2 bridgehead atoms. The minimum atomic E-state index is -0.553. The number of urea groups is 1. The molecule has 2 aliphatic heterocycles. The number of nitrogens with zero attached hydrogens (tertiary/aromatic N) is 4. The van der Waals surface area contributed by atoms with E-state index in [0.29, 0.717) is 31.3 Å². The van der Waals surface area contributed by atoms with Crippen molar-refractivity contribution in [3.8, 4) is 0 Å². The molecule has 3 heterocycles. The van der Waals surface area contributed by atoms with Crippen LogP contribution in [0.1, 0.15) is 57.9 Å². The molecule has 2 atom stereocenters. The van der Waals surface area contributed by atoms with Crippen molar-refractivity contribution in [2.45, 2.75) is 64.1 Å². The number of aromatic nitrogens is 2. The highest BCUT2D eigenvalue weighted by Crippen LogP contribution is 2.61. The fourth-order valence-corrected chi connectivity index (χ4v) is 3.96. The van der Waals surface area contributed by atoms with Gasteiger partial charge in [-0.2, -0.15) is 0 Å². The summed E-state index contributed by atoms with van der Waals surface area (Å²) in [6, 6.07) is -0.852. The van der Waals surface area contributed by atoms with Crippen LogP contribution in [-0.2, 0) is 11.2 Å². The molecule has 0 unspecified atom stereocenters. The first-order chi connectivity index (χ1) is 12.7. The van der Waals surface area contributed by atoms with Crippen molar-refractivity contribution in [2.24, 2.45) is 5.41 Å². The van der Waals surface area contributed by atoms with Crippen LogP contribution in [-0.4, -0.2) is 62.2 Å². The molecule has 4 rings (SSSR count). The standard InChI is InChI=1S/C17H25N5O5/c1-16(2,3)27-14(23)18-7-4-12-19-20-13(26-12)10-8-17(5-6-17)11-9-21(10)15(24)22(11)25/h10-11,25H,4-9H2,1-3H3,(H,18,23)/t10-,11-/m0/s1. The monoisotopic (exact) mass is 379 g/mol. The van der Waals surface area contributed by atoms with Crippen LogP contribution in [0.4, 0.5) is 9.59 Å². The van der Waals surface area contributed by atoms with E-state index in [4.69, 9.17) is 9.15 Å². The molecule has 3 aliphatic rings. The number of ether oxygens (including phenoxy) is 1. The van der Waals surface area contributed by atoms with Crippen LogP contribution in [0.3, 0.4) is 0 Å². The van der Waals surface area contributed by atoms with E-state index in [2.05, 4.69) is 15.5 Å². The second-order valence-electron chi connectivity index (χ2n) is 8.59. The Hall–Kier alpha value is -2.36. The summed E-state index contributed by atoms with van der Waals surface area (Å²) in [7, 11) is 0. The maximum atomic E-state index is 12.3. The lowest BCUT2D eigenvalue weighted by Gasteiger charge is -2.34. The predicted molar refractivity (Wildman–Crippen MR) is 90.8 cm³/mol. The van der Waals surface area contributed by atoms with E-state index in [0.717, 1.165) is 24.3 Å². The summed E-state index contributed by atoms with van der Waals surface area (Å²) < 4.78 is 10.9. The molecule has 3 amide bonds. The zero-order valence-electron chi connectivity index (χ0n) is 15.8. The van der Waals surface area contributed by atoms with E-state index in [1.54, 1.807) is 25.7 Å². The Labute approximate surface area is 156 Å². The molecule has 0 aromatic carbocycles. The highest BCUT2D eigenvalue weighted by atomic mass is 16.6. The minimum absolute atomic E-state index is 0.0328. The molecule has 1 spiro atoms. The van der Waals surface area contributed by atoms with Gasteiger partial charge in [-0.25, -0.2) is 14.7 Å². The number of carbonyl (C=O) groups excluding carboxylic acids is 2. The third-order valence-corrected chi connectivity index (χ3v) is 5.46. The van der Waals surface area contributed by atoms with Gasteiger partial charge in [0.25, 0.3) is 0 Å². The molecule has 1 saturated carbocycles. The average molecular weight is 379 g/mol. The van der Waals surface area contributed by atoms with Crippen molar-refractivity contribution in [3.05, 3.63) is 11.8 Å². The highest BCUT2D eigenvalue weighted by Gasteiger charge is 2.63. The van der Waals surface area contributed by atoms with Crippen LogP contribution in [0.5, 0.6) is 0 Å². The van der Waals surface area contributed by atoms with E-state index < -0.39 is 17.7 Å². The maximum Gasteiger partial charge on any atom is 0.407 e. The molecule has 1 aromatic heterocycles. The molecular formula is C17H25N5O5. The summed E-state index contributed by atoms with van der Waals surface area (Å²) in [6.07, 6.45) is 2.58. The van der Waals surface area contributed by atoms with Gasteiger partial charge in [0.05, 0.1) is 6.04 Å². The van der Waals surface area contributed by atoms with Crippen molar-refractivity contribution in [2.75, 3.05) is 13.1 Å². The predicted octanol–water partition coefficient (Wildman–Crippen LogP) is 1.86. The quantitative estimate of drug-likeness (QED) is 0.766. The van der Waals surface area contributed by atoms with E-state index in [1.807, 2.05) is 0 Å². The first-order valence-corrected chi connectivity index (χ1v) is 9.26. The Morgan fingerprint density at radius 3 is 2.81 bits per heavy atom. The fraction of sp³-hybridized carbons (Fsp3) is 0.765. The molecule has 1 aliphatic carbocycles.